The third-order valence-corrected chi connectivity index (χ3v) is 8.85. The summed E-state index contributed by atoms with van der Waals surface area (Å²) in [5, 5.41) is 1.60. The van der Waals surface area contributed by atoms with Gasteiger partial charge in [0, 0.05) is 10.8 Å². The third kappa shape index (κ3) is 4.86. The van der Waals surface area contributed by atoms with Crippen molar-refractivity contribution in [1.82, 2.24) is 0 Å². The molecule has 0 aliphatic carbocycles. The van der Waals surface area contributed by atoms with Crippen LogP contribution in [0.2, 0.25) is 0 Å². The summed E-state index contributed by atoms with van der Waals surface area (Å²) in [6.45, 7) is 0. The minimum Gasteiger partial charge on any atom is -0.456 e. The van der Waals surface area contributed by atoms with Gasteiger partial charge < -0.3 is 4.42 Å². The number of furan rings is 1. The first-order valence-corrected chi connectivity index (χ1v) is 15.8. The van der Waals surface area contributed by atoms with Gasteiger partial charge in [0.25, 0.3) is 0 Å². The van der Waals surface area contributed by atoms with Gasteiger partial charge in [-0.25, -0.2) is 0 Å². The van der Waals surface area contributed by atoms with E-state index in [4.69, 9.17) is 27.7 Å². The first-order valence-electron chi connectivity index (χ1n) is 26.3. The monoisotopic (exact) mass is 669 g/mol. The molecule has 51 heavy (non-hydrogen) atoms. The second-order valence-corrected chi connectivity index (χ2v) is 11.6. The fraction of sp³-hybridized carbons (Fsp3) is 0. The summed E-state index contributed by atoms with van der Waals surface area (Å²) < 4.78 is 190. The molecule has 0 radical (unpaired) electrons. The molecule has 0 unspecified atom stereocenters. The van der Waals surface area contributed by atoms with Crippen molar-refractivity contribution >= 4 is 43.5 Å². The van der Waals surface area contributed by atoms with Gasteiger partial charge in [-0.05, 0) is 101 Å². The normalized spacial score (nSPS) is 17.3. The van der Waals surface area contributed by atoms with E-state index in [0.29, 0.717) is 38.2 Å². The van der Waals surface area contributed by atoms with Crippen LogP contribution in [0.15, 0.2) is 198 Å². The summed E-state index contributed by atoms with van der Waals surface area (Å²) >= 11 is 0. The lowest BCUT2D eigenvalue weighted by Crippen LogP contribution is -1.93. The summed E-state index contributed by atoms with van der Waals surface area (Å²) in [6, 6.07) is 4.94. The number of hydrogen-bond donors (Lipinski definition) is 0. The standard InChI is InChI=1S/C50H32O/c1-4-15-33(16-5-1)36-27-30-43-47(32-36)51-46-26-14-25-44(50(43)46)49-41-23-12-10-21-39(41)48(40-22-11-13-24-42(40)49)37-28-29-38(34-17-6-2-7-18-34)45(31-37)35-19-8-3-9-20-35/h1-32H/i1D,2D,3D,4D,5D,6D,7D,8D,9D,14D,15D,16D,17D,18D,19D,20D,25D,26D,27D,30D,32D. The molecule has 238 valence electrons. The van der Waals surface area contributed by atoms with Gasteiger partial charge in [0.05, 0.1) is 28.8 Å². The molecule has 0 fully saturated rings. The largest absolute Gasteiger partial charge is 0.456 e. The van der Waals surface area contributed by atoms with Crippen LogP contribution in [0.25, 0.3) is 99.1 Å². The Morgan fingerprint density at radius 1 is 0.353 bits per heavy atom. The molecule has 0 bridgehead atoms. The Kier molecular flexibility index (Phi) is 3.54. The van der Waals surface area contributed by atoms with Crippen molar-refractivity contribution in [2.75, 3.05) is 0 Å². The highest BCUT2D eigenvalue weighted by Crippen LogP contribution is 2.48. The molecule has 10 aromatic rings. The molecule has 1 aromatic heterocycles. The number of fused-ring (bicyclic) bond motifs is 5. The SMILES string of the molecule is [2H]c1c([2H])c([2H])c(-c2ccc(-c3c4ccccc4c(-c4c([2H])c([2H])c([2H])c5oc6c([2H])c(-c7c([2H])c([2H])c([2H])c([2H])c7[2H])c([2H])c([2H])c6c45)c4ccccc34)cc2-c2c([2H])c([2H])c([2H])c([2H])c2[2H])c([2H])c1[2H]. The number of hydrogen-bond acceptors (Lipinski definition) is 1. The average molecular weight is 670 g/mol. The maximum absolute atomic E-state index is 9.55. The van der Waals surface area contributed by atoms with Crippen LogP contribution in [0, 0.1) is 0 Å². The van der Waals surface area contributed by atoms with E-state index in [1.165, 1.54) is 12.1 Å². The van der Waals surface area contributed by atoms with E-state index < -0.39 is 144 Å². The molecule has 0 saturated heterocycles. The molecule has 0 spiro atoms. The Hall–Kier alpha value is -6.70. The van der Waals surface area contributed by atoms with Crippen LogP contribution in [0.3, 0.4) is 0 Å². The van der Waals surface area contributed by atoms with Crippen LogP contribution in [-0.2, 0) is 0 Å². The Morgan fingerprint density at radius 2 is 0.922 bits per heavy atom. The van der Waals surface area contributed by atoms with Crippen molar-refractivity contribution in [2.24, 2.45) is 0 Å². The van der Waals surface area contributed by atoms with Gasteiger partial charge in [-0.2, -0.15) is 0 Å². The van der Waals surface area contributed by atoms with E-state index >= 15 is 0 Å². The molecular weight excluding hydrogens is 617 g/mol. The average Bonchev–Trinajstić information content (AvgIpc) is 3.78. The fourth-order valence-electron chi connectivity index (χ4n) is 6.74. The molecule has 1 heterocycles. The summed E-state index contributed by atoms with van der Waals surface area (Å²) in [6.07, 6.45) is 0. The predicted molar refractivity (Wildman–Crippen MR) is 216 cm³/mol. The highest BCUT2D eigenvalue weighted by molar-refractivity contribution is 6.25. The van der Waals surface area contributed by atoms with Crippen LogP contribution in [0.4, 0.5) is 0 Å². The quantitative estimate of drug-likeness (QED) is 0.166. The topological polar surface area (TPSA) is 13.1 Å². The summed E-state index contributed by atoms with van der Waals surface area (Å²) in [7, 11) is 0. The molecule has 0 aliphatic heterocycles. The maximum Gasteiger partial charge on any atom is 0.136 e. The highest BCUT2D eigenvalue weighted by Gasteiger charge is 2.21. The van der Waals surface area contributed by atoms with Gasteiger partial charge in [-0.3, -0.25) is 0 Å². The lowest BCUT2D eigenvalue weighted by Gasteiger charge is -2.19. The van der Waals surface area contributed by atoms with Crippen molar-refractivity contribution in [3.8, 4) is 55.6 Å². The third-order valence-electron chi connectivity index (χ3n) is 8.85. The van der Waals surface area contributed by atoms with Gasteiger partial charge >= 0.3 is 0 Å². The molecule has 0 amide bonds. The Bertz CT molecular complexity index is 3980. The van der Waals surface area contributed by atoms with E-state index in [0.717, 1.165) is 0 Å². The Balaban J connectivity index is 1.34. The van der Waals surface area contributed by atoms with Crippen molar-refractivity contribution in [3.63, 3.8) is 0 Å². The molecule has 1 heteroatoms. The highest BCUT2D eigenvalue weighted by atomic mass is 16.3. The Labute approximate surface area is 326 Å². The predicted octanol–water partition coefficient (Wildman–Crippen LogP) is 14.2. The molecule has 0 N–H and O–H groups in total. The van der Waals surface area contributed by atoms with Gasteiger partial charge in [0.1, 0.15) is 11.2 Å². The van der Waals surface area contributed by atoms with E-state index in [2.05, 4.69) is 0 Å². The van der Waals surface area contributed by atoms with Crippen molar-refractivity contribution in [1.29, 1.82) is 0 Å². The number of benzene rings is 9. The molecule has 0 atom stereocenters. The minimum atomic E-state index is -0.730. The van der Waals surface area contributed by atoms with Gasteiger partial charge in [0.15, 0.2) is 0 Å². The van der Waals surface area contributed by atoms with Gasteiger partial charge in [-0.15, -0.1) is 0 Å². The molecular formula is C50H32O. The smallest absolute Gasteiger partial charge is 0.136 e. The first kappa shape index (κ1) is 15.0. The molecule has 9 aromatic carbocycles. The van der Waals surface area contributed by atoms with Crippen molar-refractivity contribution < 1.29 is 33.2 Å². The summed E-state index contributed by atoms with van der Waals surface area (Å²) in [4.78, 5) is 0. The fourth-order valence-corrected chi connectivity index (χ4v) is 6.74. The van der Waals surface area contributed by atoms with Crippen molar-refractivity contribution in [2.45, 2.75) is 0 Å². The second-order valence-electron chi connectivity index (χ2n) is 11.6. The van der Waals surface area contributed by atoms with Gasteiger partial charge in [-0.1, -0.05) is 169 Å². The van der Waals surface area contributed by atoms with Gasteiger partial charge in [0.2, 0.25) is 0 Å². The van der Waals surface area contributed by atoms with E-state index in [-0.39, 0.29) is 44.2 Å². The summed E-state index contributed by atoms with van der Waals surface area (Å²) in [5.41, 5.74) is -1.17. The Morgan fingerprint density at radius 3 is 1.55 bits per heavy atom. The van der Waals surface area contributed by atoms with Crippen LogP contribution in [0.5, 0.6) is 0 Å². The number of rotatable bonds is 5. The minimum absolute atomic E-state index is 0.0112. The van der Waals surface area contributed by atoms with E-state index in [1.54, 1.807) is 54.6 Å². The summed E-state index contributed by atoms with van der Waals surface area (Å²) in [5.74, 6) is 0. The van der Waals surface area contributed by atoms with Crippen molar-refractivity contribution in [3.05, 3.63) is 194 Å². The molecule has 0 aliphatic rings. The zero-order valence-corrected chi connectivity index (χ0v) is 26.3. The second kappa shape index (κ2) is 12.0. The zero-order valence-electron chi connectivity index (χ0n) is 47.3. The lowest BCUT2D eigenvalue weighted by atomic mass is 9.83. The molecule has 10 rings (SSSR count). The lowest BCUT2D eigenvalue weighted by molar-refractivity contribution is 0.669. The molecule has 0 saturated carbocycles. The van der Waals surface area contributed by atoms with Crippen LogP contribution in [0.1, 0.15) is 28.8 Å². The van der Waals surface area contributed by atoms with Crippen LogP contribution >= 0.6 is 0 Å². The van der Waals surface area contributed by atoms with E-state index in [1.807, 2.05) is 0 Å². The van der Waals surface area contributed by atoms with Crippen LogP contribution < -0.4 is 0 Å². The first-order chi connectivity index (χ1) is 34.0. The molecule has 1 nitrogen and oxygen atoms in total. The van der Waals surface area contributed by atoms with Crippen LogP contribution in [-0.4, -0.2) is 0 Å². The maximum atomic E-state index is 9.55. The van der Waals surface area contributed by atoms with E-state index in [9.17, 15) is 5.48 Å². The zero-order chi connectivity index (χ0) is 52.0.